The number of aliphatic imine (C=N–C) groups is 1. The van der Waals surface area contributed by atoms with Crippen LogP contribution in [0.5, 0.6) is 0 Å². The third kappa shape index (κ3) is 1.07. The molecule has 0 aliphatic carbocycles. The Morgan fingerprint density at radius 3 is 2.44 bits per heavy atom. The van der Waals surface area contributed by atoms with E-state index in [4.69, 9.17) is 0 Å². The van der Waals surface area contributed by atoms with Crippen molar-refractivity contribution in [2.45, 2.75) is 20.3 Å². The van der Waals surface area contributed by atoms with Crippen LogP contribution in [0.15, 0.2) is 16.3 Å². The zero-order valence-corrected chi connectivity index (χ0v) is 5.64. The lowest BCUT2D eigenvalue weighted by Gasteiger charge is -1.86. The first-order chi connectivity index (χ1) is 4.24. The van der Waals surface area contributed by atoms with Gasteiger partial charge >= 0.3 is 0 Å². The normalized spacial score (nSPS) is 18.2. The predicted octanol–water partition coefficient (Wildman–Crippen LogP) is 1.32. The maximum absolute atomic E-state index is 10.1. The van der Waals surface area contributed by atoms with E-state index in [1.165, 1.54) is 5.57 Å². The predicted molar refractivity (Wildman–Crippen MR) is 36.5 cm³/mol. The molecule has 1 rings (SSSR count). The van der Waals surface area contributed by atoms with Crippen molar-refractivity contribution >= 4 is 12.0 Å². The topological polar surface area (TPSA) is 29.4 Å². The highest BCUT2D eigenvalue weighted by molar-refractivity contribution is 6.30. The van der Waals surface area contributed by atoms with Gasteiger partial charge in [0.05, 0.1) is 5.71 Å². The van der Waals surface area contributed by atoms with Crippen LogP contribution in [0.25, 0.3) is 0 Å². The fourth-order valence-corrected chi connectivity index (χ4v) is 0.818. The van der Waals surface area contributed by atoms with Gasteiger partial charge in [0.2, 0.25) is 0 Å². The molecule has 0 aromatic rings. The van der Waals surface area contributed by atoms with Crippen LogP contribution in [-0.2, 0) is 4.79 Å². The van der Waals surface area contributed by atoms with Crippen molar-refractivity contribution in [3.05, 3.63) is 11.3 Å². The molecule has 0 atom stereocenters. The van der Waals surface area contributed by atoms with Gasteiger partial charge in [-0.25, -0.2) is 0 Å². The van der Waals surface area contributed by atoms with E-state index >= 15 is 0 Å². The summed E-state index contributed by atoms with van der Waals surface area (Å²) in [6.07, 6.45) is 1.56. The molecule has 0 aromatic heterocycles. The summed E-state index contributed by atoms with van der Waals surface area (Å²) in [5.74, 6) is 0. The van der Waals surface area contributed by atoms with Crippen molar-refractivity contribution in [1.29, 1.82) is 0 Å². The van der Waals surface area contributed by atoms with Crippen molar-refractivity contribution in [2.24, 2.45) is 4.99 Å². The molecule has 1 aliphatic rings. The standard InChI is InChI=1S/C7H9NO/c1-5-3-7(4-9)8-6(5)2/h4H,3H2,1-2H3. The average molecular weight is 123 g/mol. The number of rotatable bonds is 1. The molecule has 0 bridgehead atoms. The molecule has 9 heavy (non-hydrogen) atoms. The Balaban J connectivity index is 2.78. The summed E-state index contributed by atoms with van der Waals surface area (Å²) in [5.41, 5.74) is 2.86. The second-order valence-corrected chi connectivity index (χ2v) is 2.26. The fraction of sp³-hybridized carbons (Fsp3) is 0.429. The molecule has 0 saturated heterocycles. The Bertz CT molecular complexity index is 201. The van der Waals surface area contributed by atoms with Gasteiger partial charge in [-0.15, -0.1) is 0 Å². The maximum atomic E-state index is 10.1. The van der Waals surface area contributed by atoms with Crippen molar-refractivity contribution < 1.29 is 4.79 Å². The Morgan fingerprint density at radius 2 is 2.22 bits per heavy atom. The molecule has 0 unspecified atom stereocenters. The van der Waals surface area contributed by atoms with Crippen LogP contribution >= 0.6 is 0 Å². The van der Waals surface area contributed by atoms with Crippen LogP contribution in [0, 0.1) is 0 Å². The molecule has 2 heteroatoms. The van der Waals surface area contributed by atoms with Crippen molar-refractivity contribution in [1.82, 2.24) is 0 Å². The SMILES string of the molecule is CC1=C(C)N=C(C=O)C1. The number of carbonyl (C=O) groups excluding carboxylic acids is 1. The summed E-state index contributed by atoms with van der Waals surface area (Å²) >= 11 is 0. The minimum absolute atomic E-state index is 0.657. The van der Waals surface area contributed by atoms with E-state index in [-0.39, 0.29) is 0 Å². The summed E-state index contributed by atoms with van der Waals surface area (Å²) in [6, 6.07) is 0. The van der Waals surface area contributed by atoms with Crippen molar-refractivity contribution in [3.8, 4) is 0 Å². The van der Waals surface area contributed by atoms with Crippen LogP contribution in [0.2, 0.25) is 0 Å². The molecule has 0 amide bonds. The lowest BCUT2D eigenvalue weighted by molar-refractivity contribution is -0.102. The first-order valence-corrected chi connectivity index (χ1v) is 2.93. The highest BCUT2D eigenvalue weighted by Crippen LogP contribution is 2.16. The lowest BCUT2D eigenvalue weighted by atomic mass is 10.2. The number of hydrogen-bond donors (Lipinski definition) is 0. The molecule has 0 radical (unpaired) electrons. The molecule has 1 heterocycles. The third-order valence-electron chi connectivity index (χ3n) is 1.51. The number of carbonyl (C=O) groups is 1. The summed E-state index contributed by atoms with van der Waals surface area (Å²) in [6.45, 7) is 3.92. The minimum Gasteiger partial charge on any atom is -0.297 e. The molecule has 0 spiro atoms. The first-order valence-electron chi connectivity index (χ1n) is 2.93. The molecule has 1 aliphatic heterocycles. The molecule has 0 N–H and O–H groups in total. The van der Waals surface area contributed by atoms with E-state index < -0.39 is 0 Å². The maximum Gasteiger partial charge on any atom is 0.164 e. The van der Waals surface area contributed by atoms with E-state index in [1.54, 1.807) is 0 Å². The minimum atomic E-state index is 0.657. The molecular weight excluding hydrogens is 114 g/mol. The van der Waals surface area contributed by atoms with Crippen molar-refractivity contribution in [3.63, 3.8) is 0 Å². The molecule has 48 valence electrons. The van der Waals surface area contributed by atoms with Gasteiger partial charge in [-0.3, -0.25) is 9.79 Å². The largest absolute Gasteiger partial charge is 0.297 e. The highest BCUT2D eigenvalue weighted by Gasteiger charge is 2.08. The van der Waals surface area contributed by atoms with Gasteiger partial charge in [0.1, 0.15) is 0 Å². The summed E-state index contributed by atoms with van der Waals surface area (Å²) in [5, 5.41) is 0. The van der Waals surface area contributed by atoms with Gasteiger partial charge < -0.3 is 0 Å². The molecule has 2 nitrogen and oxygen atoms in total. The highest BCUT2D eigenvalue weighted by atomic mass is 16.1. The van der Waals surface area contributed by atoms with Gasteiger partial charge in [0.15, 0.2) is 6.29 Å². The monoisotopic (exact) mass is 123 g/mol. The second-order valence-electron chi connectivity index (χ2n) is 2.26. The second kappa shape index (κ2) is 2.13. The fourth-order valence-electron chi connectivity index (χ4n) is 0.818. The smallest absolute Gasteiger partial charge is 0.164 e. The van der Waals surface area contributed by atoms with Crippen LogP contribution in [0.1, 0.15) is 20.3 Å². The Kier molecular flexibility index (Phi) is 1.47. The van der Waals surface area contributed by atoms with Gasteiger partial charge in [-0.05, 0) is 19.4 Å². The zero-order chi connectivity index (χ0) is 6.85. The Labute approximate surface area is 54.3 Å². The summed E-state index contributed by atoms with van der Waals surface area (Å²) in [4.78, 5) is 14.2. The number of allylic oxidation sites excluding steroid dienone is 2. The molecule has 0 aromatic carbocycles. The zero-order valence-electron chi connectivity index (χ0n) is 5.64. The molecular formula is C7H9NO. The number of nitrogens with zero attached hydrogens (tertiary/aromatic N) is 1. The number of hydrogen-bond acceptors (Lipinski definition) is 2. The van der Waals surface area contributed by atoms with E-state index in [1.807, 2.05) is 13.8 Å². The van der Waals surface area contributed by atoms with Gasteiger partial charge in [0.25, 0.3) is 0 Å². The quantitative estimate of drug-likeness (QED) is 0.483. The van der Waals surface area contributed by atoms with E-state index in [2.05, 4.69) is 4.99 Å². The molecule has 0 saturated carbocycles. The molecule has 0 fully saturated rings. The number of aldehydes is 1. The first kappa shape index (κ1) is 6.20. The van der Waals surface area contributed by atoms with Gasteiger partial charge in [-0.2, -0.15) is 0 Å². The third-order valence-corrected chi connectivity index (χ3v) is 1.51. The van der Waals surface area contributed by atoms with Gasteiger partial charge in [-0.1, -0.05) is 0 Å². The Morgan fingerprint density at radius 1 is 1.56 bits per heavy atom. The lowest BCUT2D eigenvalue weighted by Crippen LogP contribution is -1.93. The summed E-state index contributed by atoms with van der Waals surface area (Å²) < 4.78 is 0. The Hall–Kier alpha value is -0.920. The van der Waals surface area contributed by atoms with Crippen LogP contribution < -0.4 is 0 Å². The average Bonchev–Trinajstić information content (AvgIpc) is 2.13. The van der Waals surface area contributed by atoms with Gasteiger partial charge in [0, 0.05) is 12.1 Å². The van der Waals surface area contributed by atoms with Crippen molar-refractivity contribution in [2.75, 3.05) is 0 Å². The van der Waals surface area contributed by atoms with E-state index in [9.17, 15) is 4.79 Å². The summed E-state index contributed by atoms with van der Waals surface area (Å²) in [7, 11) is 0. The van der Waals surface area contributed by atoms with E-state index in [0.717, 1.165) is 18.4 Å². The van der Waals surface area contributed by atoms with Crippen LogP contribution in [0.3, 0.4) is 0 Å². The van der Waals surface area contributed by atoms with E-state index in [0.29, 0.717) is 5.71 Å². The van der Waals surface area contributed by atoms with Crippen LogP contribution in [0.4, 0.5) is 0 Å². The van der Waals surface area contributed by atoms with Crippen LogP contribution in [-0.4, -0.2) is 12.0 Å².